The molecule has 5 aromatic carbocycles. The van der Waals surface area contributed by atoms with Crippen LogP contribution in [0.5, 0.6) is 5.75 Å². The molecule has 0 radical (unpaired) electrons. The molecule has 5 aromatic rings. The first-order chi connectivity index (χ1) is 26.5. The predicted molar refractivity (Wildman–Crippen MR) is 211 cm³/mol. The summed E-state index contributed by atoms with van der Waals surface area (Å²) in [6.07, 6.45) is -0.971. The van der Waals surface area contributed by atoms with Crippen LogP contribution in [0.1, 0.15) is 46.7 Å². The Kier molecular flexibility index (Phi) is 14.3. The number of hydrogen-bond donors (Lipinski definition) is 0. The van der Waals surface area contributed by atoms with Crippen molar-refractivity contribution in [2.75, 3.05) is 27.1 Å². The first-order valence-electron chi connectivity index (χ1n) is 18.4. The molecule has 0 unspecified atom stereocenters. The van der Waals surface area contributed by atoms with Crippen molar-refractivity contribution >= 4 is 11.6 Å². The highest BCUT2D eigenvalue weighted by Gasteiger charge is 2.56. The molecule has 0 aromatic heterocycles. The smallest absolute Gasteiger partial charge is 0.164 e. The highest BCUT2D eigenvalue weighted by Crippen LogP contribution is 2.47. The lowest BCUT2D eigenvalue weighted by molar-refractivity contribution is -0.260. The van der Waals surface area contributed by atoms with Gasteiger partial charge in [0.05, 0.1) is 33.0 Å². The van der Waals surface area contributed by atoms with Gasteiger partial charge in [-0.2, -0.15) is 0 Å². The maximum absolute atomic E-state index is 7.11. The summed E-state index contributed by atoms with van der Waals surface area (Å²) in [5, 5.41) is 0.649. The number of hydrogen-bond acceptors (Lipinski definition) is 7. The van der Waals surface area contributed by atoms with E-state index in [0.717, 1.165) is 39.1 Å². The maximum atomic E-state index is 7.11. The van der Waals surface area contributed by atoms with E-state index >= 15 is 0 Å². The van der Waals surface area contributed by atoms with Crippen LogP contribution in [0.4, 0.5) is 0 Å². The molecule has 1 heterocycles. The summed E-state index contributed by atoms with van der Waals surface area (Å²) in [7, 11) is 1.61. The largest absolute Gasteiger partial charge is 0.494 e. The molecule has 1 fully saturated rings. The molecule has 8 heteroatoms. The number of ether oxygens (including phenoxy) is 7. The lowest BCUT2D eigenvalue weighted by Crippen LogP contribution is -2.60. The molecule has 0 spiro atoms. The molecule has 1 aliphatic rings. The SMILES string of the molecule is C=C1O[C@@](CCOCOC)(c2ccc(Cl)c(Cc3ccc(OCC)cc3)c2)[C@H](OCc2ccccc2)[C@@H](OCc2ccccc2)[C@@H]1OCc1ccccc1. The molecule has 54 heavy (non-hydrogen) atoms. The molecule has 1 aliphatic heterocycles. The van der Waals surface area contributed by atoms with Gasteiger partial charge in [0.25, 0.3) is 0 Å². The first kappa shape index (κ1) is 39.2. The van der Waals surface area contributed by atoms with E-state index in [1.54, 1.807) is 7.11 Å². The number of rotatable bonds is 19. The fraction of sp³-hybridized carbons (Fsp3) is 0.304. The van der Waals surface area contributed by atoms with Gasteiger partial charge in [0.2, 0.25) is 0 Å². The van der Waals surface area contributed by atoms with Gasteiger partial charge < -0.3 is 33.2 Å². The Labute approximate surface area is 324 Å². The molecule has 0 amide bonds. The van der Waals surface area contributed by atoms with E-state index in [0.29, 0.717) is 56.7 Å². The van der Waals surface area contributed by atoms with Crippen LogP contribution in [-0.2, 0) is 60.3 Å². The third-order valence-electron chi connectivity index (χ3n) is 9.50. The number of halogens is 1. The third kappa shape index (κ3) is 10.2. The normalized spacial score (nSPS) is 19.7. The summed E-state index contributed by atoms with van der Waals surface area (Å²) < 4.78 is 44.7. The van der Waals surface area contributed by atoms with Crippen LogP contribution in [0.15, 0.2) is 146 Å². The monoisotopic (exact) mass is 748 g/mol. The van der Waals surface area contributed by atoms with Gasteiger partial charge in [0, 0.05) is 18.6 Å². The van der Waals surface area contributed by atoms with E-state index in [1.807, 2.05) is 122 Å². The van der Waals surface area contributed by atoms with Gasteiger partial charge in [-0.05, 0) is 71.0 Å². The molecule has 0 bridgehead atoms. The number of benzene rings is 5. The van der Waals surface area contributed by atoms with E-state index in [4.69, 9.17) is 44.8 Å². The standard InChI is InChI=1S/C46H49ClO7/c1-4-50-41-23-20-35(21-24-41)28-39-29-40(22-25-42(39)47)46(26-27-49-33-48-3)45(53-32-38-18-12-7-13-19-38)44(52-31-37-16-10-6-11-17-37)43(34(2)54-46)51-30-36-14-8-5-9-15-36/h5-25,29,43-45H,2,4,26-28,30-33H2,1,3H3/t43-,44+,45-,46+/m1/s1. The molecule has 282 valence electrons. The van der Waals surface area contributed by atoms with Gasteiger partial charge in [-0.25, -0.2) is 0 Å². The summed E-state index contributed by atoms with van der Waals surface area (Å²) in [4.78, 5) is 0. The van der Waals surface area contributed by atoms with Crippen molar-refractivity contribution in [3.63, 3.8) is 0 Å². The second kappa shape index (κ2) is 19.7. The van der Waals surface area contributed by atoms with Gasteiger partial charge in [0.15, 0.2) is 5.60 Å². The van der Waals surface area contributed by atoms with Crippen LogP contribution in [-0.4, -0.2) is 45.4 Å². The Bertz CT molecular complexity index is 1870. The Balaban J connectivity index is 1.43. The van der Waals surface area contributed by atoms with Crippen molar-refractivity contribution in [2.24, 2.45) is 0 Å². The Morgan fingerprint density at radius 3 is 1.89 bits per heavy atom. The van der Waals surface area contributed by atoms with Crippen LogP contribution < -0.4 is 4.74 Å². The van der Waals surface area contributed by atoms with Crippen LogP contribution in [0.25, 0.3) is 0 Å². The molecule has 0 N–H and O–H groups in total. The lowest BCUT2D eigenvalue weighted by atomic mass is 9.77. The van der Waals surface area contributed by atoms with Gasteiger partial charge >= 0.3 is 0 Å². The summed E-state index contributed by atoms with van der Waals surface area (Å²) in [5.41, 5.74) is 4.85. The zero-order valence-corrected chi connectivity index (χ0v) is 31.8. The summed E-state index contributed by atoms with van der Waals surface area (Å²) in [6, 6.07) is 44.4. The van der Waals surface area contributed by atoms with Crippen molar-refractivity contribution in [3.8, 4) is 5.75 Å². The minimum atomic E-state index is -1.12. The average Bonchev–Trinajstić information content (AvgIpc) is 3.20. The fourth-order valence-electron chi connectivity index (χ4n) is 6.83. The second-order valence-electron chi connectivity index (χ2n) is 13.3. The quantitative estimate of drug-likeness (QED) is 0.0616. The van der Waals surface area contributed by atoms with Gasteiger partial charge in [-0.15, -0.1) is 0 Å². The Morgan fingerprint density at radius 1 is 0.704 bits per heavy atom. The maximum Gasteiger partial charge on any atom is 0.164 e. The topological polar surface area (TPSA) is 64.6 Å². The van der Waals surface area contributed by atoms with Crippen LogP contribution in [0.3, 0.4) is 0 Å². The van der Waals surface area contributed by atoms with Gasteiger partial charge in [-0.3, -0.25) is 0 Å². The van der Waals surface area contributed by atoms with Crippen molar-refractivity contribution in [1.29, 1.82) is 0 Å². The van der Waals surface area contributed by atoms with Crippen LogP contribution in [0, 0.1) is 0 Å². The van der Waals surface area contributed by atoms with E-state index in [1.165, 1.54) is 0 Å². The molecule has 7 nitrogen and oxygen atoms in total. The zero-order chi connectivity index (χ0) is 37.6. The molecular formula is C46H49ClO7. The number of methoxy groups -OCH3 is 1. The summed E-state index contributed by atoms with van der Waals surface area (Å²) in [6.45, 7) is 8.47. The molecular weight excluding hydrogens is 700 g/mol. The zero-order valence-electron chi connectivity index (χ0n) is 31.0. The average molecular weight is 749 g/mol. The van der Waals surface area contributed by atoms with Crippen LogP contribution >= 0.6 is 11.6 Å². The van der Waals surface area contributed by atoms with Gasteiger partial charge in [-0.1, -0.05) is 127 Å². The van der Waals surface area contributed by atoms with E-state index in [9.17, 15) is 0 Å². The third-order valence-corrected chi connectivity index (χ3v) is 9.87. The van der Waals surface area contributed by atoms with E-state index in [2.05, 4.69) is 24.8 Å². The van der Waals surface area contributed by atoms with Crippen molar-refractivity contribution < 1.29 is 33.2 Å². The second-order valence-corrected chi connectivity index (χ2v) is 13.7. The van der Waals surface area contributed by atoms with E-state index < -0.39 is 23.9 Å². The minimum Gasteiger partial charge on any atom is -0.494 e. The molecule has 4 atom stereocenters. The Hall–Kier alpha value is -4.47. The highest BCUT2D eigenvalue weighted by atomic mass is 35.5. The lowest BCUT2D eigenvalue weighted by Gasteiger charge is -2.51. The minimum absolute atomic E-state index is 0.132. The molecule has 0 aliphatic carbocycles. The van der Waals surface area contributed by atoms with Crippen molar-refractivity contribution in [1.82, 2.24) is 0 Å². The van der Waals surface area contributed by atoms with Crippen molar-refractivity contribution in [3.05, 3.63) is 184 Å². The van der Waals surface area contributed by atoms with Crippen molar-refractivity contribution in [2.45, 2.75) is 63.5 Å². The van der Waals surface area contributed by atoms with Gasteiger partial charge in [0.1, 0.15) is 36.6 Å². The van der Waals surface area contributed by atoms with E-state index in [-0.39, 0.29) is 6.79 Å². The summed E-state index contributed by atoms with van der Waals surface area (Å²) in [5.74, 6) is 1.27. The fourth-order valence-corrected chi connectivity index (χ4v) is 7.01. The molecule has 0 saturated carbocycles. The molecule has 1 saturated heterocycles. The first-order valence-corrected chi connectivity index (χ1v) is 18.8. The Morgan fingerprint density at radius 2 is 1.30 bits per heavy atom. The predicted octanol–water partition coefficient (Wildman–Crippen LogP) is 9.84. The highest BCUT2D eigenvalue weighted by molar-refractivity contribution is 6.31. The summed E-state index contributed by atoms with van der Waals surface area (Å²) >= 11 is 6.93. The van der Waals surface area contributed by atoms with Crippen LogP contribution in [0.2, 0.25) is 5.02 Å². The molecule has 6 rings (SSSR count).